The summed E-state index contributed by atoms with van der Waals surface area (Å²) >= 11 is 5.88. The molecule has 0 aliphatic heterocycles. The molecule has 0 saturated heterocycles. The molecule has 21 heavy (non-hydrogen) atoms. The first-order valence-electron chi connectivity index (χ1n) is 6.28. The second-order valence-electron chi connectivity index (χ2n) is 4.17. The minimum atomic E-state index is -0.626. The molecule has 0 amide bonds. The Morgan fingerprint density at radius 2 is 1.57 bits per heavy atom. The van der Waals surface area contributed by atoms with Crippen LogP contribution in [0.5, 0.6) is 5.75 Å². The fourth-order valence-corrected chi connectivity index (χ4v) is 1.78. The molecule has 0 atom stereocenters. The number of hydrogen-bond donors (Lipinski definition) is 0. The molecule has 0 unspecified atom stereocenters. The SMILES string of the molecule is O=C(COc1ccccc1Cl)OCC(=O)c1ccccc1. The summed E-state index contributed by atoms with van der Waals surface area (Å²) in [4.78, 5) is 23.3. The number of Topliss-reactive ketones (excluding diaryl/α,β-unsaturated/α-hetero) is 1. The summed E-state index contributed by atoms with van der Waals surface area (Å²) < 4.78 is 10.1. The van der Waals surface area contributed by atoms with Crippen LogP contribution >= 0.6 is 11.6 Å². The first-order chi connectivity index (χ1) is 10.2. The fraction of sp³-hybridized carbons (Fsp3) is 0.125. The summed E-state index contributed by atoms with van der Waals surface area (Å²) in [5, 5.41) is 0.408. The Balaban J connectivity index is 1.78. The van der Waals surface area contributed by atoms with Gasteiger partial charge in [-0.2, -0.15) is 0 Å². The Morgan fingerprint density at radius 1 is 0.905 bits per heavy atom. The second-order valence-corrected chi connectivity index (χ2v) is 4.58. The summed E-state index contributed by atoms with van der Waals surface area (Å²) in [7, 11) is 0. The van der Waals surface area contributed by atoms with Gasteiger partial charge in [0.2, 0.25) is 0 Å². The normalized spacial score (nSPS) is 9.95. The zero-order chi connectivity index (χ0) is 15.1. The first kappa shape index (κ1) is 15.1. The molecular formula is C16H13ClO4. The molecule has 2 aromatic carbocycles. The molecule has 0 heterocycles. The van der Waals surface area contributed by atoms with Gasteiger partial charge in [0, 0.05) is 5.56 Å². The summed E-state index contributed by atoms with van der Waals surface area (Å²) in [5.74, 6) is -0.494. The van der Waals surface area contributed by atoms with Crippen LogP contribution in [0, 0.1) is 0 Å². The molecule has 0 spiro atoms. The highest BCUT2D eigenvalue weighted by Gasteiger charge is 2.10. The van der Waals surface area contributed by atoms with E-state index in [0.29, 0.717) is 16.3 Å². The van der Waals surface area contributed by atoms with Gasteiger partial charge in [-0.05, 0) is 12.1 Å². The minimum absolute atomic E-state index is 0.262. The molecule has 0 bridgehead atoms. The molecule has 2 aromatic rings. The van der Waals surface area contributed by atoms with E-state index in [-0.39, 0.29) is 19.0 Å². The lowest BCUT2D eigenvalue weighted by molar-refractivity contribution is -0.144. The molecule has 4 nitrogen and oxygen atoms in total. The Labute approximate surface area is 127 Å². The van der Waals surface area contributed by atoms with Gasteiger partial charge < -0.3 is 9.47 Å². The van der Waals surface area contributed by atoms with Gasteiger partial charge in [0.05, 0.1) is 5.02 Å². The highest BCUT2D eigenvalue weighted by molar-refractivity contribution is 6.32. The largest absolute Gasteiger partial charge is 0.480 e. The number of halogens is 1. The summed E-state index contributed by atoms with van der Waals surface area (Å²) in [5.41, 5.74) is 0.498. The predicted octanol–water partition coefficient (Wildman–Crippen LogP) is 3.14. The average Bonchev–Trinajstić information content (AvgIpc) is 2.52. The van der Waals surface area contributed by atoms with Gasteiger partial charge in [0.1, 0.15) is 5.75 Å². The highest BCUT2D eigenvalue weighted by atomic mass is 35.5. The lowest BCUT2D eigenvalue weighted by Gasteiger charge is -2.07. The van der Waals surface area contributed by atoms with Gasteiger partial charge in [-0.1, -0.05) is 54.1 Å². The van der Waals surface area contributed by atoms with Gasteiger partial charge in [-0.15, -0.1) is 0 Å². The van der Waals surface area contributed by atoms with Crippen LogP contribution in [0.1, 0.15) is 10.4 Å². The maximum absolute atomic E-state index is 11.7. The Bertz CT molecular complexity index is 625. The van der Waals surface area contributed by atoms with E-state index in [1.54, 1.807) is 54.6 Å². The lowest BCUT2D eigenvalue weighted by atomic mass is 10.1. The smallest absolute Gasteiger partial charge is 0.344 e. The van der Waals surface area contributed by atoms with Crippen LogP contribution in [0.4, 0.5) is 0 Å². The van der Waals surface area contributed by atoms with Gasteiger partial charge in [-0.25, -0.2) is 4.79 Å². The monoisotopic (exact) mass is 304 g/mol. The van der Waals surface area contributed by atoms with Crippen molar-refractivity contribution in [2.75, 3.05) is 13.2 Å². The van der Waals surface area contributed by atoms with Crippen molar-refractivity contribution >= 4 is 23.4 Å². The van der Waals surface area contributed by atoms with E-state index in [1.807, 2.05) is 0 Å². The third kappa shape index (κ3) is 4.61. The van der Waals surface area contributed by atoms with Crippen LogP contribution in [-0.4, -0.2) is 25.0 Å². The molecule has 0 aliphatic carbocycles. The molecule has 0 aliphatic rings. The maximum Gasteiger partial charge on any atom is 0.344 e. The fourth-order valence-electron chi connectivity index (χ4n) is 1.59. The molecule has 0 fully saturated rings. The van der Waals surface area contributed by atoms with Crippen LogP contribution in [0.25, 0.3) is 0 Å². The van der Waals surface area contributed by atoms with Crippen molar-refractivity contribution in [2.24, 2.45) is 0 Å². The predicted molar refractivity (Wildman–Crippen MR) is 78.7 cm³/mol. The third-order valence-electron chi connectivity index (χ3n) is 2.64. The molecule has 0 radical (unpaired) electrons. The van der Waals surface area contributed by atoms with Crippen LogP contribution in [-0.2, 0) is 9.53 Å². The van der Waals surface area contributed by atoms with Gasteiger partial charge in [-0.3, -0.25) is 4.79 Å². The minimum Gasteiger partial charge on any atom is -0.480 e. The highest BCUT2D eigenvalue weighted by Crippen LogP contribution is 2.22. The third-order valence-corrected chi connectivity index (χ3v) is 2.95. The summed E-state index contributed by atoms with van der Waals surface area (Å²) in [6.07, 6.45) is 0. The number of esters is 1. The van der Waals surface area contributed by atoms with E-state index < -0.39 is 5.97 Å². The van der Waals surface area contributed by atoms with Crippen molar-refractivity contribution in [3.63, 3.8) is 0 Å². The van der Waals surface area contributed by atoms with Gasteiger partial charge in [0.15, 0.2) is 19.0 Å². The van der Waals surface area contributed by atoms with E-state index >= 15 is 0 Å². The quantitative estimate of drug-likeness (QED) is 0.608. The van der Waals surface area contributed by atoms with Crippen molar-refractivity contribution in [3.8, 4) is 5.75 Å². The standard InChI is InChI=1S/C16H13ClO4/c17-13-8-4-5-9-15(13)20-11-16(19)21-10-14(18)12-6-2-1-3-7-12/h1-9H,10-11H2. The number of carbonyl (C=O) groups is 2. The second kappa shape index (κ2) is 7.45. The van der Waals surface area contributed by atoms with Crippen LogP contribution in [0.15, 0.2) is 54.6 Å². The number of carbonyl (C=O) groups excluding carboxylic acids is 2. The van der Waals surface area contributed by atoms with Crippen molar-refractivity contribution in [1.29, 1.82) is 0 Å². The van der Waals surface area contributed by atoms with Crippen molar-refractivity contribution < 1.29 is 19.1 Å². The lowest BCUT2D eigenvalue weighted by Crippen LogP contribution is -2.19. The zero-order valence-corrected chi connectivity index (χ0v) is 11.9. The maximum atomic E-state index is 11.7. The van der Waals surface area contributed by atoms with Crippen LogP contribution in [0.3, 0.4) is 0 Å². The molecule has 0 N–H and O–H groups in total. The van der Waals surface area contributed by atoms with Crippen LogP contribution < -0.4 is 4.74 Å². The number of rotatable bonds is 6. The topological polar surface area (TPSA) is 52.6 Å². The van der Waals surface area contributed by atoms with E-state index in [2.05, 4.69) is 0 Å². The Morgan fingerprint density at radius 3 is 2.29 bits per heavy atom. The van der Waals surface area contributed by atoms with Crippen molar-refractivity contribution in [3.05, 3.63) is 65.2 Å². The summed E-state index contributed by atoms with van der Waals surface area (Å²) in [6, 6.07) is 15.4. The van der Waals surface area contributed by atoms with E-state index in [1.165, 1.54) is 0 Å². The number of benzene rings is 2. The molecule has 2 rings (SSSR count). The van der Waals surface area contributed by atoms with Crippen LogP contribution in [0.2, 0.25) is 5.02 Å². The number of ether oxygens (including phenoxy) is 2. The molecule has 5 heteroatoms. The molecule has 0 saturated carbocycles. The molecular weight excluding hydrogens is 292 g/mol. The average molecular weight is 305 g/mol. The van der Waals surface area contributed by atoms with Crippen molar-refractivity contribution in [1.82, 2.24) is 0 Å². The summed E-state index contributed by atoms with van der Waals surface area (Å²) in [6.45, 7) is -0.611. The number of para-hydroxylation sites is 1. The number of ketones is 1. The Hall–Kier alpha value is -2.33. The first-order valence-corrected chi connectivity index (χ1v) is 6.66. The zero-order valence-electron chi connectivity index (χ0n) is 11.1. The van der Waals surface area contributed by atoms with Crippen molar-refractivity contribution in [2.45, 2.75) is 0 Å². The van der Waals surface area contributed by atoms with E-state index in [0.717, 1.165) is 0 Å². The van der Waals surface area contributed by atoms with E-state index in [9.17, 15) is 9.59 Å². The molecule has 108 valence electrons. The van der Waals surface area contributed by atoms with E-state index in [4.69, 9.17) is 21.1 Å². The van der Waals surface area contributed by atoms with Gasteiger partial charge in [0.25, 0.3) is 0 Å². The molecule has 0 aromatic heterocycles. The number of hydrogen-bond acceptors (Lipinski definition) is 4. The van der Waals surface area contributed by atoms with Gasteiger partial charge >= 0.3 is 5.97 Å². The Kier molecular flexibility index (Phi) is 5.35.